The highest BCUT2D eigenvalue weighted by Crippen LogP contribution is 2.43. The van der Waals surface area contributed by atoms with E-state index in [1.54, 1.807) is 22.7 Å². The van der Waals surface area contributed by atoms with Crippen molar-refractivity contribution in [3.05, 3.63) is 58.3 Å². The highest BCUT2D eigenvalue weighted by molar-refractivity contribution is 7.28. The molecular weight excluding hydrogens is 529 g/mol. The van der Waals surface area contributed by atoms with Gasteiger partial charge in [0.2, 0.25) is 0 Å². The lowest BCUT2D eigenvalue weighted by molar-refractivity contribution is 0.0444. The second kappa shape index (κ2) is 12.3. The van der Waals surface area contributed by atoms with Crippen molar-refractivity contribution in [3.63, 3.8) is 0 Å². The molecule has 0 bridgehead atoms. The van der Waals surface area contributed by atoms with Gasteiger partial charge in [0, 0.05) is 29.3 Å². The van der Waals surface area contributed by atoms with E-state index in [2.05, 4.69) is 52.0 Å². The lowest BCUT2D eigenvalue weighted by Crippen LogP contribution is -2.10. The fraction of sp³-hybridized carbons (Fsp3) is 0.357. The fourth-order valence-electron chi connectivity index (χ4n) is 3.18. The van der Waals surface area contributed by atoms with Crippen LogP contribution in [0.3, 0.4) is 0 Å². The standard InChI is InChI=1S/C28H30O4S4/c1-5-17(3)15-31-27(29)25-13-11-23(35-25)21-9-7-19(33-21)20-8-10-22(34-20)24-12-14-26(36-24)28(30)32-16-18(4)6-2/h7-14,17-18H,5-6,15-16H2,1-4H3/t17-,18-/m0/s1. The van der Waals surface area contributed by atoms with E-state index in [4.69, 9.17) is 9.47 Å². The summed E-state index contributed by atoms with van der Waals surface area (Å²) < 4.78 is 10.9. The summed E-state index contributed by atoms with van der Waals surface area (Å²) in [5, 5.41) is 0. The first-order chi connectivity index (χ1) is 17.4. The largest absolute Gasteiger partial charge is 0.461 e. The third-order valence-corrected chi connectivity index (χ3v) is 10.8. The van der Waals surface area contributed by atoms with Gasteiger partial charge < -0.3 is 9.47 Å². The van der Waals surface area contributed by atoms with Crippen LogP contribution in [0.5, 0.6) is 0 Å². The van der Waals surface area contributed by atoms with Crippen molar-refractivity contribution in [1.82, 2.24) is 0 Å². The van der Waals surface area contributed by atoms with Gasteiger partial charge in [0.05, 0.1) is 13.2 Å². The Balaban J connectivity index is 1.41. The number of rotatable bonds is 11. The van der Waals surface area contributed by atoms with Gasteiger partial charge in [0.25, 0.3) is 0 Å². The van der Waals surface area contributed by atoms with Crippen LogP contribution in [0.2, 0.25) is 0 Å². The van der Waals surface area contributed by atoms with E-state index >= 15 is 0 Å². The fourth-order valence-corrected chi connectivity index (χ4v) is 7.26. The summed E-state index contributed by atoms with van der Waals surface area (Å²) in [5.74, 6) is 0.247. The zero-order valence-electron chi connectivity index (χ0n) is 20.9. The number of carbonyl (C=O) groups is 2. The molecule has 0 saturated carbocycles. The van der Waals surface area contributed by atoms with Crippen molar-refractivity contribution in [2.24, 2.45) is 11.8 Å². The maximum absolute atomic E-state index is 12.4. The Hall–Kier alpha value is -2.26. The molecule has 4 aromatic rings. The predicted octanol–water partition coefficient (Wildman–Crippen LogP) is 9.34. The van der Waals surface area contributed by atoms with E-state index in [9.17, 15) is 9.59 Å². The van der Waals surface area contributed by atoms with E-state index in [0.29, 0.717) is 34.8 Å². The Bertz CT molecular complexity index is 1210. The van der Waals surface area contributed by atoms with Gasteiger partial charge in [-0.2, -0.15) is 0 Å². The lowest BCUT2D eigenvalue weighted by Gasteiger charge is -2.08. The second-order valence-corrected chi connectivity index (χ2v) is 13.2. The summed E-state index contributed by atoms with van der Waals surface area (Å²) in [7, 11) is 0. The molecular formula is C28H30O4S4. The summed E-state index contributed by atoms with van der Waals surface area (Å²) in [6.07, 6.45) is 1.98. The molecule has 4 aromatic heterocycles. The van der Waals surface area contributed by atoms with Crippen LogP contribution in [0.4, 0.5) is 0 Å². The Morgan fingerprint density at radius 2 is 0.889 bits per heavy atom. The summed E-state index contributed by atoms with van der Waals surface area (Å²) in [5.41, 5.74) is 0. The first kappa shape index (κ1) is 26.8. The van der Waals surface area contributed by atoms with Crippen LogP contribution in [0, 0.1) is 11.8 Å². The maximum Gasteiger partial charge on any atom is 0.348 e. The highest BCUT2D eigenvalue weighted by atomic mass is 32.1. The Labute approximate surface area is 228 Å². The average Bonchev–Trinajstić information content (AvgIpc) is 3.69. The van der Waals surface area contributed by atoms with Gasteiger partial charge in [0.1, 0.15) is 9.75 Å². The van der Waals surface area contributed by atoms with Crippen molar-refractivity contribution >= 4 is 57.3 Å². The van der Waals surface area contributed by atoms with Crippen molar-refractivity contribution in [1.29, 1.82) is 0 Å². The van der Waals surface area contributed by atoms with Crippen LogP contribution in [-0.4, -0.2) is 25.2 Å². The van der Waals surface area contributed by atoms with Crippen LogP contribution < -0.4 is 0 Å². The molecule has 0 N–H and O–H groups in total. The molecule has 0 fully saturated rings. The Kier molecular flexibility index (Phi) is 9.17. The number of esters is 2. The molecule has 0 amide bonds. The molecule has 0 aliphatic rings. The molecule has 4 nitrogen and oxygen atoms in total. The summed E-state index contributed by atoms with van der Waals surface area (Å²) >= 11 is 6.38. The van der Waals surface area contributed by atoms with Crippen LogP contribution in [0.15, 0.2) is 48.5 Å². The molecule has 36 heavy (non-hydrogen) atoms. The monoisotopic (exact) mass is 558 g/mol. The van der Waals surface area contributed by atoms with Crippen molar-refractivity contribution < 1.29 is 19.1 Å². The van der Waals surface area contributed by atoms with Gasteiger partial charge in [-0.3, -0.25) is 0 Å². The first-order valence-corrected chi connectivity index (χ1v) is 15.4. The van der Waals surface area contributed by atoms with E-state index in [1.165, 1.54) is 32.4 Å². The van der Waals surface area contributed by atoms with Gasteiger partial charge >= 0.3 is 11.9 Å². The molecule has 0 unspecified atom stereocenters. The quantitative estimate of drug-likeness (QED) is 0.172. The van der Waals surface area contributed by atoms with E-state index in [-0.39, 0.29) is 11.9 Å². The molecule has 0 aromatic carbocycles. The predicted molar refractivity (Wildman–Crippen MR) is 154 cm³/mol. The Morgan fingerprint density at radius 3 is 1.22 bits per heavy atom. The van der Waals surface area contributed by atoms with E-state index in [0.717, 1.165) is 32.4 Å². The van der Waals surface area contributed by atoms with Crippen LogP contribution in [0.1, 0.15) is 59.9 Å². The lowest BCUT2D eigenvalue weighted by atomic mass is 10.1. The summed E-state index contributed by atoms with van der Waals surface area (Å²) in [6.45, 7) is 9.26. The molecule has 0 radical (unpaired) electrons. The zero-order valence-corrected chi connectivity index (χ0v) is 24.1. The zero-order chi connectivity index (χ0) is 25.7. The van der Waals surface area contributed by atoms with E-state index < -0.39 is 0 Å². The average molecular weight is 559 g/mol. The van der Waals surface area contributed by atoms with Gasteiger partial charge in [-0.1, -0.05) is 40.5 Å². The smallest absolute Gasteiger partial charge is 0.348 e. The summed E-state index contributed by atoms with van der Waals surface area (Å²) in [6, 6.07) is 16.2. The van der Waals surface area contributed by atoms with Crippen LogP contribution in [0.25, 0.3) is 29.3 Å². The molecule has 0 spiro atoms. The molecule has 0 saturated heterocycles. The molecule has 190 valence electrons. The number of hydrogen-bond donors (Lipinski definition) is 0. The maximum atomic E-state index is 12.4. The SMILES string of the molecule is CC[C@H](C)COC(=O)c1ccc(-c2ccc(-c3ccc(-c4ccc(C(=O)OC[C@@H](C)CC)s4)s3)s2)s1. The number of ether oxygens (including phenoxy) is 2. The number of carbonyl (C=O) groups excluding carboxylic acids is 2. The molecule has 2 atom stereocenters. The molecule has 0 aliphatic carbocycles. The normalized spacial score (nSPS) is 12.9. The third kappa shape index (κ3) is 6.54. The van der Waals surface area contributed by atoms with Crippen LogP contribution in [-0.2, 0) is 9.47 Å². The Morgan fingerprint density at radius 1 is 0.583 bits per heavy atom. The third-order valence-electron chi connectivity index (χ3n) is 5.95. The van der Waals surface area contributed by atoms with E-state index in [1.807, 2.05) is 24.3 Å². The molecule has 4 rings (SSSR count). The number of thiophene rings is 4. The van der Waals surface area contributed by atoms with Crippen molar-refractivity contribution in [2.45, 2.75) is 40.5 Å². The summed E-state index contributed by atoms with van der Waals surface area (Å²) in [4.78, 5) is 32.8. The molecule has 8 heteroatoms. The van der Waals surface area contributed by atoms with Crippen molar-refractivity contribution in [2.75, 3.05) is 13.2 Å². The molecule has 0 aliphatic heterocycles. The van der Waals surface area contributed by atoms with Gasteiger partial charge in [-0.15, -0.1) is 45.3 Å². The minimum Gasteiger partial charge on any atom is -0.461 e. The molecule has 4 heterocycles. The number of hydrogen-bond acceptors (Lipinski definition) is 8. The second-order valence-electron chi connectivity index (χ2n) is 8.88. The highest BCUT2D eigenvalue weighted by Gasteiger charge is 2.17. The van der Waals surface area contributed by atoms with Crippen molar-refractivity contribution in [3.8, 4) is 29.3 Å². The van der Waals surface area contributed by atoms with Gasteiger partial charge in [0.15, 0.2) is 0 Å². The van der Waals surface area contributed by atoms with Gasteiger partial charge in [-0.25, -0.2) is 9.59 Å². The minimum atomic E-state index is -0.245. The van der Waals surface area contributed by atoms with Crippen LogP contribution >= 0.6 is 45.3 Å². The topological polar surface area (TPSA) is 52.6 Å². The van der Waals surface area contributed by atoms with Gasteiger partial charge in [-0.05, 0) is 60.4 Å². The first-order valence-electron chi connectivity index (χ1n) is 12.1. The minimum absolute atomic E-state index is 0.245.